The number of benzene rings is 1. The van der Waals surface area contributed by atoms with Crippen LogP contribution in [0.15, 0.2) is 35.7 Å². The van der Waals surface area contributed by atoms with Gasteiger partial charge in [-0.25, -0.2) is 22.7 Å². The van der Waals surface area contributed by atoms with E-state index < -0.39 is 28.1 Å². The summed E-state index contributed by atoms with van der Waals surface area (Å²) in [5.41, 5.74) is 1.32. The molecule has 1 unspecified atom stereocenters. The van der Waals surface area contributed by atoms with E-state index in [4.69, 9.17) is 0 Å². The van der Waals surface area contributed by atoms with Crippen molar-refractivity contribution in [3.8, 4) is 0 Å². The van der Waals surface area contributed by atoms with Gasteiger partial charge < -0.3 is 10.1 Å². The second kappa shape index (κ2) is 8.33. The van der Waals surface area contributed by atoms with Crippen LogP contribution >= 0.6 is 0 Å². The number of hydrogen-bond donors (Lipinski definition) is 2. The zero-order chi connectivity index (χ0) is 17.5. The predicted octanol–water partition coefficient (Wildman–Crippen LogP) is 1.63. The lowest BCUT2D eigenvalue weighted by Crippen LogP contribution is -2.46. The van der Waals surface area contributed by atoms with Crippen molar-refractivity contribution in [2.75, 3.05) is 7.11 Å². The maximum atomic E-state index is 12.0. The summed E-state index contributed by atoms with van der Waals surface area (Å²) in [7, 11) is -2.82. The molecule has 2 N–H and O–H groups in total. The minimum atomic E-state index is -3.99. The third-order valence-corrected chi connectivity index (χ3v) is 4.02. The van der Waals surface area contributed by atoms with Gasteiger partial charge in [-0.3, -0.25) is 0 Å². The first-order valence-electron chi connectivity index (χ1n) is 6.96. The van der Waals surface area contributed by atoms with Crippen molar-refractivity contribution in [3.05, 3.63) is 41.3 Å². The van der Waals surface area contributed by atoms with Crippen LogP contribution in [0.1, 0.15) is 25.8 Å². The number of amides is 2. The second-order valence-corrected chi connectivity index (χ2v) is 6.26. The summed E-state index contributed by atoms with van der Waals surface area (Å²) < 4.78 is 30.4. The van der Waals surface area contributed by atoms with Crippen molar-refractivity contribution >= 4 is 27.6 Å². The Labute approximate surface area is 135 Å². The molecule has 0 saturated carbocycles. The maximum Gasteiger partial charge on any atom is 0.329 e. The van der Waals surface area contributed by atoms with Gasteiger partial charge in [0.25, 0.3) is 10.0 Å². The number of ether oxygens (including phenoxy) is 1. The SMILES string of the molecule is CC/C(=C\S(=O)(=O)NC(=O)NC(C)C(=O)OC)c1ccccc1. The van der Waals surface area contributed by atoms with Gasteiger partial charge in [0.1, 0.15) is 6.04 Å². The first-order valence-corrected chi connectivity index (χ1v) is 8.50. The highest BCUT2D eigenvalue weighted by Crippen LogP contribution is 2.18. The standard InChI is InChI=1S/C15H20N2O5S/c1-4-12(13-8-6-5-7-9-13)10-23(20,21)17-15(19)16-11(2)14(18)22-3/h5-11H,4H2,1-3H3,(H2,16,17,19)/b12-10+. The highest BCUT2D eigenvalue weighted by molar-refractivity contribution is 7.93. The van der Waals surface area contributed by atoms with Gasteiger partial charge in [0.05, 0.1) is 12.5 Å². The van der Waals surface area contributed by atoms with Crippen molar-refractivity contribution in [1.29, 1.82) is 0 Å². The van der Waals surface area contributed by atoms with Crippen LogP contribution in [0, 0.1) is 0 Å². The highest BCUT2D eigenvalue weighted by Gasteiger charge is 2.19. The molecule has 0 bridgehead atoms. The van der Waals surface area contributed by atoms with Gasteiger partial charge in [0.15, 0.2) is 0 Å². The normalized spacial score (nSPS) is 13.1. The molecule has 1 rings (SSSR count). The van der Waals surface area contributed by atoms with Crippen molar-refractivity contribution in [2.24, 2.45) is 0 Å². The Hall–Kier alpha value is -2.35. The quantitative estimate of drug-likeness (QED) is 0.766. The molecule has 23 heavy (non-hydrogen) atoms. The van der Waals surface area contributed by atoms with Crippen LogP contribution in [-0.4, -0.2) is 33.6 Å². The van der Waals surface area contributed by atoms with Gasteiger partial charge in [-0.1, -0.05) is 37.3 Å². The summed E-state index contributed by atoms with van der Waals surface area (Å²) in [6, 6.07) is 7.02. The fraction of sp³-hybridized carbons (Fsp3) is 0.333. The fourth-order valence-electron chi connectivity index (χ4n) is 1.82. The Morgan fingerprint density at radius 1 is 1.26 bits per heavy atom. The van der Waals surface area contributed by atoms with E-state index in [1.165, 1.54) is 14.0 Å². The summed E-state index contributed by atoms with van der Waals surface area (Å²) in [6.45, 7) is 3.20. The zero-order valence-electron chi connectivity index (χ0n) is 13.2. The molecule has 0 aliphatic rings. The number of methoxy groups -OCH3 is 1. The van der Waals surface area contributed by atoms with Crippen LogP contribution in [-0.2, 0) is 19.6 Å². The number of rotatable bonds is 6. The average Bonchev–Trinajstić information content (AvgIpc) is 2.51. The number of sulfonamides is 1. The molecule has 1 aromatic rings. The van der Waals surface area contributed by atoms with Crippen molar-refractivity contribution in [3.63, 3.8) is 0 Å². The molecule has 0 aliphatic carbocycles. The number of carbonyl (C=O) groups excluding carboxylic acids is 2. The first kappa shape index (κ1) is 18.7. The van der Waals surface area contributed by atoms with Gasteiger partial charge in [0.2, 0.25) is 0 Å². The molecule has 0 fully saturated rings. The lowest BCUT2D eigenvalue weighted by Gasteiger charge is -2.12. The van der Waals surface area contributed by atoms with Crippen molar-refractivity contribution in [1.82, 2.24) is 10.0 Å². The second-order valence-electron chi connectivity index (χ2n) is 4.73. The largest absolute Gasteiger partial charge is 0.467 e. The molecule has 0 radical (unpaired) electrons. The first-order chi connectivity index (χ1) is 10.8. The Balaban J connectivity index is 2.84. The molecule has 7 nitrogen and oxygen atoms in total. The summed E-state index contributed by atoms with van der Waals surface area (Å²) in [4.78, 5) is 22.9. The Morgan fingerprint density at radius 2 is 1.87 bits per heavy atom. The smallest absolute Gasteiger partial charge is 0.329 e. The van der Waals surface area contributed by atoms with Gasteiger partial charge in [-0.05, 0) is 24.5 Å². The minimum absolute atomic E-state index is 0.477. The molecule has 0 heterocycles. The van der Waals surface area contributed by atoms with E-state index in [0.29, 0.717) is 12.0 Å². The molecule has 0 aromatic heterocycles. The van der Waals surface area contributed by atoms with Gasteiger partial charge >= 0.3 is 12.0 Å². The topological polar surface area (TPSA) is 102 Å². The lowest BCUT2D eigenvalue weighted by molar-refractivity contribution is -0.142. The zero-order valence-corrected chi connectivity index (χ0v) is 14.0. The number of esters is 1. The van der Waals surface area contributed by atoms with Crippen molar-refractivity contribution < 1.29 is 22.7 Å². The number of urea groups is 1. The number of hydrogen-bond acceptors (Lipinski definition) is 5. The predicted molar refractivity (Wildman–Crippen MR) is 86.8 cm³/mol. The Morgan fingerprint density at radius 3 is 2.39 bits per heavy atom. The van der Waals surface area contributed by atoms with Crippen LogP contribution in [0.25, 0.3) is 5.57 Å². The number of carbonyl (C=O) groups is 2. The molecular formula is C15H20N2O5S. The monoisotopic (exact) mass is 340 g/mol. The number of allylic oxidation sites excluding steroid dienone is 1. The van der Waals surface area contributed by atoms with Crippen LogP contribution < -0.4 is 10.0 Å². The van der Waals surface area contributed by atoms with Gasteiger partial charge in [-0.15, -0.1) is 0 Å². The molecule has 0 spiro atoms. The van der Waals surface area contributed by atoms with E-state index >= 15 is 0 Å². The molecule has 0 saturated heterocycles. The van der Waals surface area contributed by atoms with Gasteiger partial charge in [-0.2, -0.15) is 0 Å². The van der Waals surface area contributed by atoms with E-state index in [2.05, 4.69) is 10.1 Å². The van der Waals surface area contributed by atoms with Crippen LogP contribution in [0.4, 0.5) is 4.79 Å². The fourth-order valence-corrected chi connectivity index (χ4v) is 2.87. The molecule has 1 aromatic carbocycles. The summed E-state index contributed by atoms with van der Waals surface area (Å²) in [5, 5.41) is 3.19. The maximum absolute atomic E-state index is 12.0. The highest BCUT2D eigenvalue weighted by atomic mass is 32.2. The van der Waals surface area contributed by atoms with Crippen LogP contribution in [0.3, 0.4) is 0 Å². The molecule has 1 atom stereocenters. The minimum Gasteiger partial charge on any atom is -0.467 e. The van der Waals surface area contributed by atoms with Crippen LogP contribution in [0.5, 0.6) is 0 Å². The van der Waals surface area contributed by atoms with Gasteiger partial charge in [0, 0.05) is 0 Å². The summed E-state index contributed by atoms with van der Waals surface area (Å²) in [5.74, 6) is -0.674. The average molecular weight is 340 g/mol. The van der Waals surface area contributed by atoms with E-state index in [9.17, 15) is 18.0 Å². The molecule has 0 aliphatic heterocycles. The van der Waals surface area contributed by atoms with Crippen molar-refractivity contribution in [2.45, 2.75) is 26.3 Å². The van der Waals surface area contributed by atoms with E-state index in [1.54, 1.807) is 24.3 Å². The van der Waals surface area contributed by atoms with E-state index in [1.807, 2.05) is 17.7 Å². The summed E-state index contributed by atoms with van der Waals surface area (Å²) in [6.07, 6.45) is 0.477. The Kier molecular flexibility index (Phi) is 6.77. The number of nitrogens with one attached hydrogen (secondary N) is 2. The van der Waals surface area contributed by atoms with E-state index in [-0.39, 0.29) is 0 Å². The molecule has 126 valence electrons. The third kappa shape index (κ3) is 6.11. The molecule has 2 amide bonds. The molecular weight excluding hydrogens is 320 g/mol. The third-order valence-electron chi connectivity index (χ3n) is 2.96. The molecule has 8 heteroatoms. The summed E-state index contributed by atoms with van der Waals surface area (Å²) >= 11 is 0. The lowest BCUT2D eigenvalue weighted by atomic mass is 10.1. The Bertz CT molecular complexity index is 683. The van der Waals surface area contributed by atoms with Crippen LogP contribution in [0.2, 0.25) is 0 Å². The van der Waals surface area contributed by atoms with E-state index in [0.717, 1.165) is 11.0 Å².